The van der Waals surface area contributed by atoms with Crippen LogP contribution in [0.1, 0.15) is 19.4 Å². The number of amides is 1. The number of carboxylic acids is 1. The summed E-state index contributed by atoms with van der Waals surface area (Å²) in [4.78, 5) is 25.5. The summed E-state index contributed by atoms with van der Waals surface area (Å²) in [5.74, 6) is -1.67. The van der Waals surface area contributed by atoms with Crippen molar-refractivity contribution in [3.8, 4) is 16.9 Å². The zero-order valence-corrected chi connectivity index (χ0v) is 22.5. The molecule has 1 N–H and O–H groups in total. The van der Waals surface area contributed by atoms with Crippen molar-refractivity contribution in [3.05, 3.63) is 71.3 Å². The van der Waals surface area contributed by atoms with Crippen molar-refractivity contribution in [3.63, 3.8) is 0 Å². The van der Waals surface area contributed by atoms with Crippen LogP contribution < -0.4 is 0 Å². The van der Waals surface area contributed by atoms with Crippen molar-refractivity contribution >= 4 is 56.3 Å². The van der Waals surface area contributed by atoms with Crippen molar-refractivity contribution < 1.29 is 23.1 Å². The number of carbonyl (C=O) groups is 2. The molecule has 1 aromatic heterocycles. The molecule has 0 unspecified atom stereocenters. The Hall–Kier alpha value is -3.32. The summed E-state index contributed by atoms with van der Waals surface area (Å²) < 4.78 is 29.5. The molecular weight excluding hydrogens is 532 g/mol. The lowest BCUT2D eigenvalue weighted by Crippen LogP contribution is -2.33. The molecular formula is C25H24N4O5S3. The largest absolute Gasteiger partial charge is 0.480 e. The topological polar surface area (TPSA) is 113 Å². The van der Waals surface area contributed by atoms with Gasteiger partial charge in [-0.25, -0.2) is 13.1 Å². The third-order valence-corrected chi connectivity index (χ3v) is 9.09. The molecule has 1 saturated heterocycles. The molecule has 0 aliphatic carbocycles. The standard InChI is InChI=1S/C25H24N4O5S3/c1-3-27(4-2)37(33,34)20-12-8-9-17(13-20)23-18(15-29(26-23)19-10-6-5-7-11-19)14-21-24(32)28(16-22(30)31)25(35)36-21/h5-15H,3-4,16H2,1-2H3,(H,30,31)/b21-14+. The number of sulfonamides is 1. The van der Waals surface area contributed by atoms with E-state index in [0.717, 1.165) is 22.3 Å². The molecule has 4 rings (SSSR count). The van der Waals surface area contributed by atoms with Crippen LogP contribution >= 0.6 is 24.0 Å². The van der Waals surface area contributed by atoms with E-state index in [1.807, 2.05) is 30.3 Å². The van der Waals surface area contributed by atoms with E-state index in [2.05, 4.69) is 0 Å². The fraction of sp³-hybridized carbons (Fsp3) is 0.200. The maximum absolute atomic E-state index is 13.1. The molecule has 0 radical (unpaired) electrons. The van der Waals surface area contributed by atoms with Gasteiger partial charge in [-0.05, 0) is 30.3 Å². The number of carbonyl (C=O) groups excluding carboxylic acids is 1. The molecule has 1 fully saturated rings. The van der Waals surface area contributed by atoms with Gasteiger partial charge >= 0.3 is 5.97 Å². The van der Waals surface area contributed by atoms with Gasteiger partial charge in [0.1, 0.15) is 16.6 Å². The Morgan fingerprint density at radius 2 is 1.84 bits per heavy atom. The quantitative estimate of drug-likeness (QED) is 0.312. The first-order chi connectivity index (χ1) is 17.6. The molecule has 37 heavy (non-hydrogen) atoms. The number of thioether (sulfide) groups is 1. The van der Waals surface area contributed by atoms with Crippen LogP contribution in [0.3, 0.4) is 0 Å². The Bertz CT molecular complexity index is 1500. The molecule has 0 atom stereocenters. The fourth-order valence-electron chi connectivity index (χ4n) is 3.86. The Labute approximate surface area is 224 Å². The maximum atomic E-state index is 13.1. The van der Waals surface area contributed by atoms with Crippen molar-refractivity contribution in [1.29, 1.82) is 0 Å². The summed E-state index contributed by atoms with van der Waals surface area (Å²) >= 11 is 6.23. The van der Waals surface area contributed by atoms with Gasteiger partial charge in [0.25, 0.3) is 5.91 Å². The monoisotopic (exact) mass is 556 g/mol. The molecule has 12 heteroatoms. The Morgan fingerprint density at radius 1 is 1.14 bits per heavy atom. The molecule has 1 amide bonds. The molecule has 0 saturated carbocycles. The number of carboxylic acid groups (broad SMARTS) is 1. The highest BCUT2D eigenvalue weighted by Gasteiger charge is 2.34. The number of aromatic nitrogens is 2. The second kappa shape index (κ2) is 11.0. The first-order valence-corrected chi connectivity index (χ1v) is 14.0. The van der Waals surface area contributed by atoms with E-state index in [9.17, 15) is 18.0 Å². The van der Waals surface area contributed by atoms with Gasteiger partial charge in [-0.15, -0.1) is 0 Å². The predicted octanol–water partition coefficient (Wildman–Crippen LogP) is 3.86. The lowest BCUT2D eigenvalue weighted by Gasteiger charge is -2.18. The fourth-order valence-corrected chi connectivity index (χ4v) is 6.61. The van der Waals surface area contributed by atoms with Gasteiger partial charge in [0.2, 0.25) is 10.0 Å². The van der Waals surface area contributed by atoms with Crippen LogP contribution in [-0.2, 0) is 19.6 Å². The van der Waals surface area contributed by atoms with E-state index in [-0.39, 0.29) is 14.1 Å². The van der Waals surface area contributed by atoms with Gasteiger partial charge in [0, 0.05) is 30.4 Å². The summed E-state index contributed by atoms with van der Waals surface area (Å²) in [5, 5.41) is 13.8. The van der Waals surface area contributed by atoms with E-state index in [1.165, 1.54) is 4.31 Å². The number of hydrogen-bond donors (Lipinski definition) is 1. The third kappa shape index (κ3) is 5.52. The van der Waals surface area contributed by atoms with Gasteiger partial charge in [-0.3, -0.25) is 14.5 Å². The maximum Gasteiger partial charge on any atom is 0.323 e. The highest BCUT2D eigenvalue weighted by molar-refractivity contribution is 8.26. The van der Waals surface area contributed by atoms with E-state index < -0.39 is 28.4 Å². The van der Waals surface area contributed by atoms with Crippen LogP contribution in [0.4, 0.5) is 0 Å². The normalized spacial score (nSPS) is 15.2. The average Bonchev–Trinajstić information content (AvgIpc) is 3.41. The van der Waals surface area contributed by atoms with Crippen molar-refractivity contribution in [2.45, 2.75) is 18.7 Å². The summed E-state index contributed by atoms with van der Waals surface area (Å²) in [7, 11) is -3.70. The molecule has 2 heterocycles. The van der Waals surface area contributed by atoms with E-state index in [0.29, 0.717) is 29.9 Å². The van der Waals surface area contributed by atoms with Gasteiger partial charge in [0.05, 0.1) is 15.5 Å². The highest BCUT2D eigenvalue weighted by Crippen LogP contribution is 2.35. The Kier molecular flexibility index (Phi) is 7.93. The smallest absolute Gasteiger partial charge is 0.323 e. The van der Waals surface area contributed by atoms with Gasteiger partial charge in [-0.1, -0.05) is 68.2 Å². The molecule has 0 spiro atoms. The van der Waals surface area contributed by atoms with Crippen molar-refractivity contribution in [2.24, 2.45) is 0 Å². The zero-order valence-electron chi connectivity index (χ0n) is 20.1. The van der Waals surface area contributed by atoms with Crippen LogP contribution in [0.25, 0.3) is 23.0 Å². The van der Waals surface area contributed by atoms with E-state index in [1.54, 1.807) is 55.1 Å². The van der Waals surface area contributed by atoms with Crippen molar-refractivity contribution in [1.82, 2.24) is 19.0 Å². The molecule has 192 valence electrons. The predicted molar refractivity (Wildman–Crippen MR) is 147 cm³/mol. The molecule has 0 bridgehead atoms. The highest BCUT2D eigenvalue weighted by atomic mass is 32.2. The minimum atomic E-state index is -3.70. The van der Waals surface area contributed by atoms with Crippen LogP contribution in [0.15, 0.2) is 70.6 Å². The third-order valence-electron chi connectivity index (χ3n) is 5.67. The van der Waals surface area contributed by atoms with Gasteiger partial charge < -0.3 is 5.11 Å². The molecule has 2 aromatic carbocycles. The van der Waals surface area contributed by atoms with E-state index >= 15 is 0 Å². The number of rotatable bonds is 9. The molecule has 3 aromatic rings. The number of hydrogen-bond acceptors (Lipinski definition) is 7. The van der Waals surface area contributed by atoms with Crippen LogP contribution in [0, 0.1) is 0 Å². The van der Waals surface area contributed by atoms with Gasteiger partial charge in [0.15, 0.2) is 0 Å². The first kappa shape index (κ1) is 26.7. The number of thiocarbonyl (C=S) groups is 1. The number of nitrogens with zero attached hydrogens (tertiary/aromatic N) is 4. The van der Waals surface area contributed by atoms with Crippen molar-refractivity contribution in [2.75, 3.05) is 19.6 Å². The number of benzene rings is 2. The Balaban J connectivity index is 1.83. The molecule has 9 nitrogen and oxygen atoms in total. The summed E-state index contributed by atoms with van der Waals surface area (Å²) in [5.41, 5.74) is 2.34. The Morgan fingerprint density at radius 3 is 2.49 bits per heavy atom. The summed E-state index contributed by atoms with van der Waals surface area (Å²) in [6.45, 7) is 3.73. The zero-order chi connectivity index (χ0) is 26.7. The lowest BCUT2D eigenvalue weighted by molar-refractivity contribution is -0.140. The number of aliphatic carboxylic acids is 1. The number of para-hydroxylation sites is 1. The van der Waals surface area contributed by atoms with E-state index in [4.69, 9.17) is 22.4 Å². The second-order valence-electron chi connectivity index (χ2n) is 7.99. The molecule has 1 aliphatic rings. The average molecular weight is 557 g/mol. The SMILES string of the molecule is CCN(CC)S(=O)(=O)c1cccc(-c2nn(-c3ccccc3)cc2/C=C2/SC(=S)N(CC(=O)O)C2=O)c1. The van der Waals surface area contributed by atoms with Crippen LogP contribution in [0.2, 0.25) is 0 Å². The minimum Gasteiger partial charge on any atom is -0.480 e. The van der Waals surface area contributed by atoms with Crippen LogP contribution in [-0.4, -0.2) is 68.3 Å². The minimum absolute atomic E-state index is 0.140. The molecule has 1 aliphatic heterocycles. The first-order valence-electron chi connectivity index (χ1n) is 11.4. The van der Waals surface area contributed by atoms with Gasteiger partial charge in [-0.2, -0.15) is 9.40 Å². The second-order valence-corrected chi connectivity index (χ2v) is 11.6. The van der Waals surface area contributed by atoms with Crippen LogP contribution in [0.5, 0.6) is 0 Å². The summed E-state index contributed by atoms with van der Waals surface area (Å²) in [6.07, 6.45) is 3.34. The summed E-state index contributed by atoms with van der Waals surface area (Å²) in [6, 6.07) is 15.9. The lowest BCUT2D eigenvalue weighted by atomic mass is 10.1.